The molecule has 0 rings (SSSR count). The monoisotopic (exact) mass is 781 g/mol. The maximum absolute atomic E-state index is 12.5. The van der Waals surface area contributed by atoms with E-state index in [4.69, 9.17) is 18.5 Å². The standard InChI is InChI=1S/C45H81O8P/c1-4-7-9-11-13-15-17-19-21-22-23-24-26-27-29-31-33-35-37-39-44(46)50-41-43(42-52-54(48,49)51-6-3)53-45(47)40-38-36-34-32-30-28-25-20-18-16-14-12-10-8-5-2/h8,10,14,16,20,25,30,32,43H,4-7,9,11-13,15,17-19,21-24,26-29,31,33-42H2,1-3H3,(H,48,49)/b10-8-,16-14-,25-20-,32-30-. The van der Waals surface area contributed by atoms with Crippen molar-refractivity contribution in [1.29, 1.82) is 0 Å². The number of allylic oxidation sites excluding steroid dienone is 8. The van der Waals surface area contributed by atoms with E-state index < -0.39 is 26.5 Å². The van der Waals surface area contributed by atoms with Gasteiger partial charge in [0.15, 0.2) is 6.10 Å². The number of phosphoric acid groups is 1. The minimum atomic E-state index is -4.29. The maximum Gasteiger partial charge on any atom is 0.472 e. The third-order valence-electron chi connectivity index (χ3n) is 9.15. The zero-order valence-corrected chi connectivity index (χ0v) is 35.8. The summed E-state index contributed by atoms with van der Waals surface area (Å²) in [6, 6.07) is 0. The second-order valence-electron chi connectivity index (χ2n) is 14.3. The van der Waals surface area contributed by atoms with Crippen LogP contribution in [0.2, 0.25) is 0 Å². The van der Waals surface area contributed by atoms with Crippen molar-refractivity contribution in [2.75, 3.05) is 19.8 Å². The molecule has 0 saturated heterocycles. The fraction of sp³-hybridized carbons (Fsp3) is 0.778. The summed E-state index contributed by atoms with van der Waals surface area (Å²) in [4.78, 5) is 34.7. The lowest BCUT2D eigenvalue weighted by Crippen LogP contribution is -2.29. The van der Waals surface area contributed by atoms with Crippen LogP contribution in [-0.2, 0) is 32.7 Å². The highest BCUT2D eigenvalue weighted by Crippen LogP contribution is 2.43. The van der Waals surface area contributed by atoms with Gasteiger partial charge in [0, 0.05) is 12.8 Å². The van der Waals surface area contributed by atoms with Crippen molar-refractivity contribution in [3.05, 3.63) is 48.6 Å². The first-order valence-corrected chi connectivity index (χ1v) is 23.4. The van der Waals surface area contributed by atoms with Gasteiger partial charge in [-0.3, -0.25) is 18.6 Å². The summed E-state index contributed by atoms with van der Waals surface area (Å²) in [5, 5.41) is 0. The molecule has 0 spiro atoms. The molecule has 0 aromatic carbocycles. The van der Waals surface area contributed by atoms with Gasteiger partial charge in [-0.15, -0.1) is 0 Å². The van der Waals surface area contributed by atoms with E-state index in [1.54, 1.807) is 6.92 Å². The molecule has 1 N–H and O–H groups in total. The molecule has 2 atom stereocenters. The van der Waals surface area contributed by atoms with Gasteiger partial charge in [0.25, 0.3) is 0 Å². The third kappa shape index (κ3) is 39.7. The number of phosphoric ester groups is 1. The zero-order chi connectivity index (χ0) is 39.6. The average molecular weight is 781 g/mol. The highest BCUT2D eigenvalue weighted by molar-refractivity contribution is 7.47. The summed E-state index contributed by atoms with van der Waals surface area (Å²) in [6.45, 7) is 5.33. The molecule has 0 radical (unpaired) electrons. The van der Waals surface area contributed by atoms with Gasteiger partial charge in [0.2, 0.25) is 0 Å². The van der Waals surface area contributed by atoms with Gasteiger partial charge in [-0.1, -0.05) is 178 Å². The lowest BCUT2D eigenvalue weighted by atomic mass is 10.0. The molecule has 0 aromatic rings. The summed E-state index contributed by atoms with van der Waals surface area (Å²) in [5.74, 6) is -0.842. The van der Waals surface area contributed by atoms with E-state index in [0.717, 1.165) is 57.8 Å². The molecule has 0 heterocycles. The number of carbonyl (C=O) groups excluding carboxylic acids is 2. The Morgan fingerprint density at radius 3 is 1.43 bits per heavy atom. The van der Waals surface area contributed by atoms with E-state index in [1.807, 2.05) is 0 Å². The number of hydrogen-bond donors (Lipinski definition) is 1. The van der Waals surface area contributed by atoms with Gasteiger partial charge in [0.1, 0.15) is 6.61 Å². The molecule has 0 bridgehead atoms. The van der Waals surface area contributed by atoms with Gasteiger partial charge in [-0.05, 0) is 58.3 Å². The van der Waals surface area contributed by atoms with Crippen molar-refractivity contribution in [2.24, 2.45) is 0 Å². The highest BCUT2D eigenvalue weighted by Gasteiger charge is 2.25. The lowest BCUT2D eigenvalue weighted by molar-refractivity contribution is -0.161. The van der Waals surface area contributed by atoms with Crippen LogP contribution in [0.1, 0.15) is 201 Å². The van der Waals surface area contributed by atoms with Crippen LogP contribution in [0.4, 0.5) is 0 Å². The number of carbonyl (C=O) groups is 2. The molecule has 0 aliphatic heterocycles. The first-order valence-electron chi connectivity index (χ1n) is 21.9. The molecular formula is C45H81O8P. The van der Waals surface area contributed by atoms with Crippen LogP contribution in [0.5, 0.6) is 0 Å². The molecule has 0 amide bonds. The Morgan fingerprint density at radius 1 is 0.519 bits per heavy atom. The predicted octanol–water partition coefficient (Wildman–Crippen LogP) is 13.8. The smallest absolute Gasteiger partial charge is 0.462 e. The fourth-order valence-electron chi connectivity index (χ4n) is 5.97. The normalized spacial score (nSPS) is 13.8. The van der Waals surface area contributed by atoms with Gasteiger partial charge < -0.3 is 14.4 Å². The third-order valence-corrected chi connectivity index (χ3v) is 10.2. The van der Waals surface area contributed by atoms with E-state index in [2.05, 4.69) is 62.5 Å². The van der Waals surface area contributed by atoms with Crippen LogP contribution in [0, 0.1) is 0 Å². The van der Waals surface area contributed by atoms with Crippen LogP contribution >= 0.6 is 7.82 Å². The maximum atomic E-state index is 12.5. The molecular weight excluding hydrogens is 699 g/mol. The summed E-state index contributed by atoms with van der Waals surface area (Å²) in [7, 11) is -4.29. The molecule has 8 nitrogen and oxygen atoms in total. The van der Waals surface area contributed by atoms with E-state index in [0.29, 0.717) is 6.42 Å². The highest BCUT2D eigenvalue weighted by atomic mass is 31.2. The van der Waals surface area contributed by atoms with Gasteiger partial charge >= 0.3 is 19.8 Å². The fourth-order valence-corrected chi connectivity index (χ4v) is 6.73. The SMILES string of the molecule is CC/C=C\C/C=C\C/C=C\C/C=C\CCCCC(=O)OC(COC(=O)CCCCCCCCCCCCCCCCCCCCC)COP(=O)(O)OCC. The predicted molar refractivity (Wildman–Crippen MR) is 225 cm³/mol. The van der Waals surface area contributed by atoms with Crippen molar-refractivity contribution < 1.29 is 37.6 Å². The summed E-state index contributed by atoms with van der Waals surface area (Å²) in [5.41, 5.74) is 0. The Bertz CT molecular complexity index is 1020. The van der Waals surface area contributed by atoms with Crippen molar-refractivity contribution in [1.82, 2.24) is 0 Å². The van der Waals surface area contributed by atoms with Gasteiger partial charge in [-0.25, -0.2) is 4.57 Å². The second-order valence-corrected chi connectivity index (χ2v) is 15.8. The summed E-state index contributed by atoms with van der Waals surface area (Å²) < 4.78 is 32.6. The Hall–Kier alpha value is -1.99. The molecule has 0 aliphatic rings. The van der Waals surface area contributed by atoms with E-state index in [1.165, 1.54) is 103 Å². The van der Waals surface area contributed by atoms with Crippen molar-refractivity contribution in [2.45, 2.75) is 207 Å². The first-order chi connectivity index (χ1) is 26.3. The topological polar surface area (TPSA) is 108 Å². The van der Waals surface area contributed by atoms with Gasteiger partial charge in [-0.2, -0.15) is 0 Å². The van der Waals surface area contributed by atoms with E-state index >= 15 is 0 Å². The zero-order valence-electron chi connectivity index (χ0n) is 34.9. The van der Waals surface area contributed by atoms with Crippen molar-refractivity contribution >= 4 is 19.8 Å². The van der Waals surface area contributed by atoms with Crippen LogP contribution in [-0.4, -0.2) is 42.8 Å². The van der Waals surface area contributed by atoms with Crippen LogP contribution in [0.25, 0.3) is 0 Å². The molecule has 0 aromatic heterocycles. The summed E-state index contributed by atoms with van der Waals surface area (Å²) in [6.07, 6.45) is 47.5. The molecule has 0 saturated carbocycles. The van der Waals surface area contributed by atoms with Crippen molar-refractivity contribution in [3.63, 3.8) is 0 Å². The van der Waals surface area contributed by atoms with E-state index in [-0.39, 0.29) is 32.0 Å². The molecule has 9 heteroatoms. The molecule has 314 valence electrons. The molecule has 2 unspecified atom stereocenters. The van der Waals surface area contributed by atoms with Gasteiger partial charge in [0.05, 0.1) is 13.2 Å². The second kappa shape index (κ2) is 40.7. The van der Waals surface area contributed by atoms with Crippen LogP contribution in [0.15, 0.2) is 48.6 Å². The average Bonchev–Trinajstić information content (AvgIpc) is 3.15. The van der Waals surface area contributed by atoms with Crippen molar-refractivity contribution in [3.8, 4) is 0 Å². The molecule has 0 fully saturated rings. The summed E-state index contributed by atoms with van der Waals surface area (Å²) >= 11 is 0. The quantitative estimate of drug-likeness (QED) is 0.0283. The Kier molecular flexibility index (Phi) is 39.2. The number of hydrogen-bond acceptors (Lipinski definition) is 7. The number of ether oxygens (including phenoxy) is 2. The number of esters is 2. The minimum Gasteiger partial charge on any atom is -0.462 e. The first kappa shape index (κ1) is 52.0. The Labute approximate surface area is 331 Å². The number of unbranched alkanes of at least 4 members (excludes halogenated alkanes) is 20. The Morgan fingerprint density at radius 2 is 0.944 bits per heavy atom. The minimum absolute atomic E-state index is 0.00800. The Balaban J connectivity index is 4.09. The van der Waals surface area contributed by atoms with Crippen LogP contribution < -0.4 is 0 Å². The number of rotatable bonds is 40. The van der Waals surface area contributed by atoms with E-state index in [9.17, 15) is 19.0 Å². The van der Waals surface area contributed by atoms with Crippen LogP contribution in [0.3, 0.4) is 0 Å². The molecule has 0 aliphatic carbocycles. The lowest BCUT2D eigenvalue weighted by Gasteiger charge is -2.19. The molecule has 54 heavy (non-hydrogen) atoms. The largest absolute Gasteiger partial charge is 0.472 e.